The van der Waals surface area contributed by atoms with Crippen molar-refractivity contribution in [1.29, 1.82) is 5.26 Å². The predicted molar refractivity (Wildman–Crippen MR) is 59.3 cm³/mol. The van der Waals surface area contributed by atoms with Crippen LogP contribution in [0.4, 0.5) is 0 Å². The second kappa shape index (κ2) is 5.07. The lowest BCUT2D eigenvalue weighted by Gasteiger charge is -2.01. The Labute approximate surface area is 98.5 Å². The number of rotatable bonds is 4. The molecule has 0 bridgehead atoms. The average Bonchev–Trinajstić information content (AvgIpc) is 2.78. The lowest BCUT2D eigenvalue weighted by molar-refractivity contribution is 0.452. The van der Waals surface area contributed by atoms with Crippen molar-refractivity contribution < 1.29 is 4.74 Å². The summed E-state index contributed by atoms with van der Waals surface area (Å²) >= 11 is 0. The van der Waals surface area contributed by atoms with Crippen LogP contribution in [-0.4, -0.2) is 20.0 Å². The maximum atomic E-state index is 8.87. The van der Waals surface area contributed by atoms with Crippen LogP contribution >= 0.6 is 0 Å². The van der Waals surface area contributed by atoms with E-state index in [4.69, 9.17) is 10.00 Å². The molecule has 0 radical (unpaired) electrons. The Morgan fingerprint density at radius 2 is 2.41 bits per heavy atom. The van der Waals surface area contributed by atoms with E-state index in [0.29, 0.717) is 11.3 Å². The second-order valence-electron chi connectivity index (χ2n) is 3.40. The molecule has 17 heavy (non-hydrogen) atoms. The fraction of sp³-hybridized carbons (Fsp3) is 0.273. The largest absolute Gasteiger partial charge is 0.433 e. The smallest absolute Gasteiger partial charge is 0.257 e. The summed E-state index contributed by atoms with van der Waals surface area (Å²) in [6.07, 6.45) is 5.80. The summed E-state index contributed by atoms with van der Waals surface area (Å²) < 4.78 is 7.22. The fourth-order valence-electron chi connectivity index (χ4n) is 1.34. The van der Waals surface area contributed by atoms with Gasteiger partial charge in [-0.25, -0.2) is 0 Å². The average molecular weight is 229 g/mol. The first-order valence-electron chi connectivity index (χ1n) is 5.25. The van der Waals surface area contributed by atoms with E-state index in [1.807, 2.05) is 6.07 Å². The van der Waals surface area contributed by atoms with Gasteiger partial charge < -0.3 is 4.74 Å². The van der Waals surface area contributed by atoms with Crippen molar-refractivity contribution in [3.8, 4) is 17.7 Å². The zero-order valence-corrected chi connectivity index (χ0v) is 9.37. The van der Waals surface area contributed by atoms with Crippen LogP contribution in [0.3, 0.4) is 0 Å². The van der Waals surface area contributed by atoms with Crippen LogP contribution in [0, 0.1) is 11.3 Å². The predicted octanol–water partition coefficient (Wildman–Crippen LogP) is 1.75. The molecule has 0 atom stereocenters. The van der Waals surface area contributed by atoms with Crippen LogP contribution in [-0.2, 0) is 6.54 Å². The van der Waals surface area contributed by atoms with E-state index in [2.05, 4.69) is 22.2 Å². The third-order valence-corrected chi connectivity index (χ3v) is 2.08. The number of aryl methyl sites for hydroxylation is 1. The minimum absolute atomic E-state index is 0.200. The topological polar surface area (TPSA) is 76.6 Å². The summed E-state index contributed by atoms with van der Waals surface area (Å²) in [4.78, 5) is 0. The molecule has 6 heteroatoms. The summed E-state index contributed by atoms with van der Waals surface area (Å²) in [6, 6.07) is 3.55. The van der Waals surface area contributed by atoms with Gasteiger partial charge in [0.1, 0.15) is 11.6 Å². The zero-order chi connectivity index (χ0) is 12.1. The van der Waals surface area contributed by atoms with Crippen molar-refractivity contribution in [2.45, 2.75) is 19.9 Å². The quantitative estimate of drug-likeness (QED) is 0.798. The van der Waals surface area contributed by atoms with Gasteiger partial charge in [-0.15, -0.1) is 5.10 Å². The number of nitrogens with zero attached hydrogens (tertiary/aromatic N) is 5. The molecule has 0 aliphatic carbocycles. The number of aromatic nitrogens is 4. The number of nitriles is 1. The Hall–Kier alpha value is -2.42. The minimum atomic E-state index is 0.200. The van der Waals surface area contributed by atoms with Gasteiger partial charge in [-0.05, 0) is 12.5 Å². The Balaban J connectivity index is 2.17. The molecule has 2 heterocycles. The van der Waals surface area contributed by atoms with E-state index in [1.165, 1.54) is 6.20 Å². The summed E-state index contributed by atoms with van der Waals surface area (Å²) in [5.41, 5.74) is 0.350. The van der Waals surface area contributed by atoms with Gasteiger partial charge in [0.05, 0.1) is 18.6 Å². The highest BCUT2D eigenvalue weighted by atomic mass is 16.5. The molecular weight excluding hydrogens is 218 g/mol. The Bertz CT molecular complexity index is 543. The highest BCUT2D eigenvalue weighted by molar-refractivity contribution is 5.38. The van der Waals surface area contributed by atoms with Crippen molar-refractivity contribution in [3.63, 3.8) is 0 Å². The van der Waals surface area contributed by atoms with Gasteiger partial charge >= 0.3 is 0 Å². The highest BCUT2D eigenvalue weighted by Crippen LogP contribution is 2.20. The molecule has 2 aromatic rings. The summed E-state index contributed by atoms with van der Waals surface area (Å²) in [6.45, 7) is 2.90. The first kappa shape index (κ1) is 11.1. The summed E-state index contributed by atoms with van der Waals surface area (Å²) in [7, 11) is 0. The molecular formula is C11H11N5O. The minimum Gasteiger partial charge on any atom is -0.433 e. The molecule has 0 N–H and O–H groups in total. The van der Waals surface area contributed by atoms with E-state index in [9.17, 15) is 0 Å². The summed E-state index contributed by atoms with van der Waals surface area (Å²) in [5.74, 6) is 0.751. The van der Waals surface area contributed by atoms with Crippen LogP contribution in [0.1, 0.15) is 18.9 Å². The molecule has 0 aromatic carbocycles. The van der Waals surface area contributed by atoms with Gasteiger partial charge in [-0.1, -0.05) is 6.92 Å². The summed E-state index contributed by atoms with van der Waals surface area (Å²) in [5, 5.41) is 20.4. The van der Waals surface area contributed by atoms with Gasteiger partial charge in [0.25, 0.3) is 5.88 Å². The van der Waals surface area contributed by atoms with E-state index < -0.39 is 0 Å². The van der Waals surface area contributed by atoms with Gasteiger partial charge in [0, 0.05) is 6.54 Å². The van der Waals surface area contributed by atoms with Crippen molar-refractivity contribution in [2.75, 3.05) is 0 Å². The van der Waals surface area contributed by atoms with Gasteiger partial charge in [0.2, 0.25) is 0 Å². The highest BCUT2D eigenvalue weighted by Gasteiger charge is 2.07. The molecule has 2 aromatic heterocycles. The third kappa shape index (κ3) is 2.58. The van der Waals surface area contributed by atoms with Crippen molar-refractivity contribution in [2.24, 2.45) is 0 Å². The van der Waals surface area contributed by atoms with E-state index >= 15 is 0 Å². The van der Waals surface area contributed by atoms with Gasteiger partial charge in [0.15, 0.2) is 5.75 Å². The first-order chi connectivity index (χ1) is 8.33. The second-order valence-corrected chi connectivity index (χ2v) is 3.40. The molecule has 0 unspecified atom stereocenters. The lowest BCUT2D eigenvalue weighted by atomic mass is 10.3. The van der Waals surface area contributed by atoms with Crippen LogP contribution in [0.15, 0.2) is 24.7 Å². The standard InChI is InChI=1S/C11H11N5O/c1-2-5-16-8-10(7-14-16)17-11-9(6-12)3-4-13-15-11/h3-4,7-8H,2,5H2,1H3. The van der Waals surface area contributed by atoms with Crippen LogP contribution in [0.5, 0.6) is 11.6 Å². The molecule has 0 aliphatic heterocycles. The van der Waals surface area contributed by atoms with Crippen LogP contribution in [0.25, 0.3) is 0 Å². The van der Waals surface area contributed by atoms with Crippen molar-refractivity contribution in [3.05, 3.63) is 30.2 Å². The third-order valence-electron chi connectivity index (χ3n) is 2.08. The number of ether oxygens (including phenoxy) is 1. The SMILES string of the molecule is CCCn1cc(Oc2nnccc2C#N)cn1. The normalized spacial score (nSPS) is 9.88. The molecule has 0 saturated heterocycles. The molecule has 0 amide bonds. The first-order valence-corrected chi connectivity index (χ1v) is 5.25. The molecule has 0 saturated carbocycles. The molecule has 86 valence electrons. The van der Waals surface area contributed by atoms with Crippen LogP contribution < -0.4 is 4.74 Å². The Morgan fingerprint density at radius 1 is 1.53 bits per heavy atom. The maximum absolute atomic E-state index is 8.87. The Morgan fingerprint density at radius 3 is 3.18 bits per heavy atom. The molecule has 6 nitrogen and oxygen atoms in total. The molecule has 0 aliphatic rings. The monoisotopic (exact) mass is 229 g/mol. The number of hydrogen-bond acceptors (Lipinski definition) is 5. The zero-order valence-electron chi connectivity index (χ0n) is 9.37. The van der Waals surface area contributed by atoms with Crippen molar-refractivity contribution >= 4 is 0 Å². The molecule has 0 fully saturated rings. The van der Waals surface area contributed by atoms with Gasteiger partial charge in [-0.2, -0.15) is 15.5 Å². The van der Waals surface area contributed by atoms with E-state index in [1.54, 1.807) is 23.1 Å². The fourth-order valence-corrected chi connectivity index (χ4v) is 1.34. The molecule has 0 spiro atoms. The van der Waals surface area contributed by atoms with E-state index in [-0.39, 0.29) is 5.88 Å². The maximum Gasteiger partial charge on any atom is 0.257 e. The Kier molecular flexibility index (Phi) is 3.31. The van der Waals surface area contributed by atoms with Crippen LogP contribution in [0.2, 0.25) is 0 Å². The van der Waals surface area contributed by atoms with Crippen molar-refractivity contribution in [1.82, 2.24) is 20.0 Å². The van der Waals surface area contributed by atoms with E-state index in [0.717, 1.165) is 13.0 Å². The van der Waals surface area contributed by atoms with Gasteiger partial charge in [-0.3, -0.25) is 4.68 Å². The lowest BCUT2D eigenvalue weighted by Crippen LogP contribution is -1.96. The number of hydrogen-bond donors (Lipinski definition) is 0. The molecule has 2 rings (SSSR count).